The lowest BCUT2D eigenvalue weighted by atomic mass is 9.92. The largest absolute Gasteiger partial charge is 0.355 e. The zero-order valence-electron chi connectivity index (χ0n) is 13.4. The van der Waals surface area contributed by atoms with Gasteiger partial charge in [-0.2, -0.15) is 0 Å². The van der Waals surface area contributed by atoms with Gasteiger partial charge in [-0.05, 0) is 31.2 Å². The maximum absolute atomic E-state index is 12.6. The molecule has 0 radical (unpaired) electrons. The summed E-state index contributed by atoms with van der Waals surface area (Å²) in [4.78, 5) is 14.5. The number of carbonyl (C=O) groups excluding carboxylic acids is 1. The quantitative estimate of drug-likeness (QED) is 0.848. The average molecular weight is 298 g/mol. The van der Waals surface area contributed by atoms with Crippen LogP contribution in [-0.4, -0.2) is 29.1 Å². The number of hydrogen-bond donors (Lipinski definition) is 0. The topological polar surface area (TPSA) is 46.3 Å². The zero-order valence-corrected chi connectivity index (χ0v) is 13.4. The number of rotatable bonds is 2. The Hall–Kier alpha value is -2.10. The van der Waals surface area contributed by atoms with E-state index in [1.807, 2.05) is 36.1 Å². The molecule has 1 aromatic carbocycles. The molecule has 1 amide bonds. The van der Waals surface area contributed by atoms with Gasteiger partial charge in [0, 0.05) is 24.7 Å². The minimum absolute atomic E-state index is 0.0268. The summed E-state index contributed by atoms with van der Waals surface area (Å²) in [5.41, 5.74) is 2.50. The number of amides is 1. The molecule has 1 saturated heterocycles. The number of carbonyl (C=O) groups is 1. The summed E-state index contributed by atoms with van der Waals surface area (Å²) in [5, 5.41) is 3.98. The van der Waals surface area contributed by atoms with Gasteiger partial charge in [0.15, 0.2) is 11.5 Å². The van der Waals surface area contributed by atoms with E-state index in [4.69, 9.17) is 4.52 Å². The zero-order chi connectivity index (χ0) is 15.7. The van der Waals surface area contributed by atoms with Gasteiger partial charge >= 0.3 is 0 Å². The highest BCUT2D eigenvalue weighted by Gasteiger charge is 2.28. The van der Waals surface area contributed by atoms with Crippen LogP contribution >= 0.6 is 0 Å². The number of hydrogen-bond acceptors (Lipinski definition) is 3. The van der Waals surface area contributed by atoms with Gasteiger partial charge in [0.25, 0.3) is 5.91 Å². The molecule has 22 heavy (non-hydrogen) atoms. The van der Waals surface area contributed by atoms with Crippen molar-refractivity contribution in [3.8, 4) is 11.3 Å². The monoisotopic (exact) mass is 298 g/mol. The molecule has 1 aliphatic heterocycles. The van der Waals surface area contributed by atoms with Gasteiger partial charge in [-0.1, -0.05) is 42.8 Å². The van der Waals surface area contributed by atoms with E-state index in [9.17, 15) is 4.79 Å². The van der Waals surface area contributed by atoms with E-state index in [2.05, 4.69) is 19.0 Å². The number of piperidine rings is 1. The third kappa shape index (κ3) is 3.06. The highest BCUT2D eigenvalue weighted by atomic mass is 16.5. The van der Waals surface area contributed by atoms with Gasteiger partial charge in [0.05, 0.1) is 0 Å². The van der Waals surface area contributed by atoms with Crippen molar-refractivity contribution in [3.63, 3.8) is 0 Å². The van der Waals surface area contributed by atoms with Gasteiger partial charge in [-0.3, -0.25) is 4.79 Å². The SMILES string of the molecule is Cc1cccc(-c2cc(C(=O)N3CC(C)CC(C)C3)no2)c1. The maximum Gasteiger partial charge on any atom is 0.276 e. The molecule has 4 heteroatoms. The molecule has 1 aliphatic rings. The molecule has 1 fully saturated rings. The molecule has 2 atom stereocenters. The molecule has 0 aliphatic carbocycles. The van der Waals surface area contributed by atoms with E-state index in [0.717, 1.165) is 24.2 Å². The minimum atomic E-state index is -0.0268. The number of benzene rings is 1. The third-order valence-corrected chi connectivity index (χ3v) is 4.19. The molecule has 3 rings (SSSR count). The third-order valence-electron chi connectivity index (χ3n) is 4.19. The van der Waals surface area contributed by atoms with Crippen molar-refractivity contribution in [1.29, 1.82) is 0 Å². The highest BCUT2D eigenvalue weighted by Crippen LogP contribution is 2.25. The van der Waals surface area contributed by atoms with Crippen LogP contribution in [0.25, 0.3) is 11.3 Å². The van der Waals surface area contributed by atoms with Crippen molar-refractivity contribution in [2.75, 3.05) is 13.1 Å². The van der Waals surface area contributed by atoms with E-state index < -0.39 is 0 Å². The Balaban J connectivity index is 1.80. The van der Waals surface area contributed by atoms with Crippen LogP contribution in [0, 0.1) is 18.8 Å². The molecular weight excluding hydrogens is 276 g/mol. The van der Waals surface area contributed by atoms with Crippen LogP contribution in [0.5, 0.6) is 0 Å². The summed E-state index contributed by atoms with van der Waals surface area (Å²) >= 11 is 0. The molecule has 0 spiro atoms. The Morgan fingerprint density at radius 2 is 1.95 bits per heavy atom. The van der Waals surface area contributed by atoms with Gasteiger partial charge in [-0.15, -0.1) is 0 Å². The summed E-state index contributed by atoms with van der Waals surface area (Å²) < 4.78 is 5.37. The average Bonchev–Trinajstić information content (AvgIpc) is 2.95. The fourth-order valence-electron chi connectivity index (χ4n) is 3.30. The predicted molar refractivity (Wildman–Crippen MR) is 85.5 cm³/mol. The van der Waals surface area contributed by atoms with Crippen molar-refractivity contribution in [3.05, 3.63) is 41.6 Å². The Morgan fingerprint density at radius 3 is 2.64 bits per heavy atom. The minimum Gasteiger partial charge on any atom is -0.355 e. The Kier molecular flexibility index (Phi) is 4.01. The standard InChI is InChI=1S/C18H22N2O2/c1-12-5-4-6-15(8-12)17-9-16(19-22-17)18(21)20-10-13(2)7-14(3)11-20/h4-6,8-9,13-14H,7,10-11H2,1-3H3. The molecule has 116 valence electrons. The van der Waals surface area contributed by atoms with Gasteiger partial charge in [0.1, 0.15) is 0 Å². The lowest BCUT2D eigenvalue weighted by molar-refractivity contribution is 0.0613. The summed E-state index contributed by atoms with van der Waals surface area (Å²) in [7, 11) is 0. The van der Waals surface area contributed by atoms with Crippen molar-refractivity contribution in [2.45, 2.75) is 27.2 Å². The molecule has 4 nitrogen and oxygen atoms in total. The first-order valence-corrected chi connectivity index (χ1v) is 7.86. The smallest absolute Gasteiger partial charge is 0.276 e. The second-order valence-electron chi connectivity index (χ2n) is 6.60. The second kappa shape index (κ2) is 5.95. The molecule has 2 heterocycles. The van der Waals surface area contributed by atoms with Crippen LogP contribution in [0.1, 0.15) is 36.3 Å². The Morgan fingerprint density at radius 1 is 1.23 bits per heavy atom. The van der Waals surface area contributed by atoms with Crippen LogP contribution in [-0.2, 0) is 0 Å². The number of nitrogens with zero attached hydrogens (tertiary/aromatic N) is 2. The first-order valence-electron chi connectivity index (χ1n) is 7.86. The van der Waals surface area contributed by atoms with Crippen LogP contribution in [0.3, 0.4) is 0 Å². The summed E-state index contributed by atoms with van der Waals surface area (Å²) in [5.74, 6) is 1.69. The van der Waals surface area contributed by atoms with Crippen molar-refractivity contribution in [2.24, 2.45) is 11.8 Å². The van der Waals surface area contributed by atoms with E-state index in [0.29, 0.717) is 23.3 Å². The van der Waals surface area contributed by atoms with Crippen LogP contribution in [0.2, 0.25) is 0 Å². The van der Waals surface area contributed by atoms with Crippen LogP contribution < -0.4 is 0 Å². The van der Waals surface area contributed by atoms with Gasteiger partial charge in [0.2, 0.25) is 0 Å². The Bertz CT molecular complexity index is 667. The molecule has 0 N–H and O–H groups in total. The molecule has 2 aromatic rings. The van der Waals surface area contributed by atoms with E-state index in [1.54, 1.807) is 6.07 Å². The van der Waals surface area contributed by atoms with Crippen molar-refractivity contribution < 1.29 is 9.32 Å². The van der Waals surface area contributed by atoms with Gasteiger partial charge < -0.3 is 9.42 Å². The Labute approximate surface area is 131 Å². The molecule has 0 bridgehead atoms. The highest BCUT2D eigenvalue weighted by molar-refractivity contribution is 5.93. The molecular formula is C18H22N2O2. The summed E-state index contributed by atoms with van der Waals surface area (Å²) in [6, 6.07) is 9.75. The first-order chi connectivity index (χ1) is 10.5. The number of aromatic nitrogens is 1. The first kappa shape index (κ1) is 14.8. The molecule has 1 aromatic heterocycles. The van der Waals surface area contributed by atoms with E-state index in [-0.39, 0.29) is 5.91 Å². The van der Waals surface area contributed by atoms with Gasteiger partial charge in [-0.25, -0.2) is 0 Å². The molecule has 0 saturated carbocycles. The second-order valence-corrected chi connectivity index (χ2v) is 6.60. The molecule has 2 unspecified atom stereocenters. The summed E-state index contributed by atoms with van der Waals surface area (Å²) in [6.45, 7) is 8.02. The van der Waals surface area contributed by atoms with E-state index in [1.165, 1.54) is 6.42 Å². The fraction of sp³-hybridized carbons (Fsp3) is 0.444. The maximum atomic E-state index is 12.6. The fourth-order valence-corrected chi connectivity index (χ4v) is 3.30. The van der Waals surface area contributed by atoms with Crippen LogP contribution in [0.15, 0.2) is 34.9 Å². The van der Waals surface area contributed by atoms with Crippen molar-refractivity contribution >= 4 is 5.91 Å². The van der Waals surface area contributed by atoms with E-state index >= 15 is 0 Å². The van der Waals surface area contributed by atoms with Crippen LogP contribution in [0.4, 0.5) is 0 Å². The lowest BCUT2D eigenvalue weighted by Gasteiger charge is -2.34. The lowest BCUT2D eigenvalue weighted by Crippen LogP contribution is -2.42. The summed E-state index contributed by atoms with van der Waals surface area (Å²) in [6.07, 6.45) is 1.18. The number of aryl methyl sites for hydroxylation is 1. The van der Waals surface area contributed by atoms with Crippen molar-refractivity contribution in [1.82, 2.24) is 10.1 Å². The normalized spacial score (nSPS) is 21.9. The number of likely N-dealkylation sites (tertiary alicyclic amines) is 1. The predicted octanol–water partition coefficient (Wildman–Crippen LogP) is 3.77.